The molecule has 2 aromatic carbocycles. The summed E-state index contributed by atoms with van der Waals surface area (Å²) in [5.41, 5.74) is 9.14. The average Bonchev–Trinajstić information content (AvgIpc) is 4.22. The monoisotopic (exact) mass is 1000 g/mol. The van der Waals surface area contributed by atoms with Crippen LogP contribution in [-0.2, 0) is 22.4 Å². The second-order valence-corrected chi connectivity index (χ2v) is 19.3. The molecule has 2 aliphatic rings. The SMILES string of the molecule is COc1ccc(C(CC(=O)NC[C@H](Cc2c(C)cc(O)cc2C)N(C)C)C2(C(F)(F)F)CC2)cn1.COc1ccc(C(CC(=O)O)C2(C(F)(F)F)CC2)cn1.Cc1cc(O)cc(C)c1C[C@@H](CN)N(C)C. The number of pyridine rings is 2. The van der Waals surface area contributed by atoms with Crippen molar-refractivity contribution in [2.24, 2.45) is 16.6 Å². The number of carboxylic acid groups (broad SMARTS) is 1. The summed E-state index contributed by atoms with van der Waals surface area (Å²) in [6.45, 7) is 8.85. The van der Waals surface area contributed by atoms with E-state index in [-0.39, 0.29) is 61.9 Å². The maximum Gasteiger partial charge on any atom is 0.395 e. The summed E-state index contributed by atoms with van der Waals surface area (Å²) in [7, 11) is 10.7. The number of amides is 1. The Balaban J connectivity index is 0.000000256. The Morgan fingerprint density at radius 2 is 1.04 bits per heavy atom. The molecule has 6 rings (SSSR count). The molecule has 2 aliphatic carbocycles. The Morgan fingerprint density at radius 1 is 0.676 bits per heavy atom. The van der Waals surface area contributed by atoms with Crippen molar-refractivity contribution in [1.82, 2.24) is 25.1 Å². The normalized spacial score (nSPS) is 16.3. The number of hydrogen-bond donors (Lipinski definition) is 5. The number of nitrogens with two attached hydrogens (primary N) is 1. The third-order valence-electron chi connectivity index (χ3n) is 14.1. The van der Waals surface area contributed by atoms with Crippen molar-refractivity contribution in [3.63, 3.8) is 0 Å². The highest BCUT2D eigenvalue weighted by Gasteiger charge is 2.68. The van der Waals surface area contributed by atoms with Crippen molar-refractivity contribution in [1.29, 1.82) is 0 Å². The minimum Gasteiger partial charge on any atom is -0.508 e. The first-order chi connectivity index (χ1) is 33.1. The number of carbonyl (C=O) groups is 2. The van der Waals surface area contributed by atoms with Crippen LogP contribution in [0.5, 0.6) is 23.3 Å². The van der Waals surface area contributed by atoms with Crippen LogP contribution in [0.25, 0.3) is 0 Å². The molecule has 0 saturated heterocycles. The fourth-order valence-electron chi connectivity index (χ4n) is 9.26. The van der Waals surface area contributed by atoms with Crippen molar-refractivity contribution >= 4 is 11.9 Å². The van der Waals surface area contributed by atoms with Gasteiger partial charge in [-0.1, -0.05) is 12.1 Å². The minimum absolute atomic E-state index is 0.000203. The van der Waals surface area contributed by atoms with Crippen molar-refractivity contribution in [2.45, 2.75) is 115 Å². The van der Waals surface area contributed by atoms with E-state index in [1.165, 1.54) is 50.4 Å². The van der Waals surface area contributed by atoms with Gasteiger partial charge in [-0.15, -0.1) is 0 Å². The molecule has 2 fully saturated rings. The highest BCUT2D eigenvalue weighted by molar-refractivity contribution is 5.77. The zero-order chi connectivity index (χ0) is 53.2. The molecule has 0 bridgehead atoms. The third kappa shape index (κ3) is 14.9. The van der Waals surface area contributed by atoms with Gasteiger partial charge in [-0.3, -0.25) is 9.59 Å². The molecule has 2 heterocycles. The first-order valence-electron chi connectivity index (χ1n) is 23.4. The summed E-state index contributed by atoms with van der Waals surface area (Å²) >= 11 is 0. The van der Waals surface area contributed by atoms with E-state index >= 15 is 0 Å². The van der Waals surface area contributed by atoms with Gasteiger partial charge in [0.1, 0.15) is 11.5 Å². The molecule has 2 unspecified atom stereocenters. The topological polar surface area (TPSA) is 184 Å². The van der Waals surface area contributed by atoms with Crippen molar-refractivity contribution < 1.29 is 60.7 Å². The van der Waals surface area contributed by atoms with Crippen LogP contribution in [0, 0.1) is 38.5 Å². The van der Waals surface area contributed by atoms with Crippen molar-refractivity contribution in [3.05, 3.63) is 105 Å². The van der Waals surface area contributed by atoms with E-state index in [9.17, 15) is 46.1 Å². The molecular formula is C52H70F6N6O7. The molecule has 13 nitrogen and oxygen atoms in total. The van der Waals surface area contributed by atoms with Crippen LogP contribution in [0.15, 0.2) is 60.9 Å². The Bertz CT molecular complexity index is 2340. The second kappa shape index (κ2) is 24.2. The lowest BCUT2D eigenvalue weighted by atomic mass is 9.80. The van der Waals surface area contributed by atoms with Gasteiger partial charge in [-0.25, -0.2) is 9.97 Å². The van der Waals surface area contributed by atoms with Crippen LogP contribution >= 0.6 is 0 Å². The van der Waals surface area contributed by atoms with Gasteiger partial charge >= 0.3 is 18.3 Å². The van der Waals surface area contributed by atoms with Crippen LogP contribution in [0.2, 0.25) is 0 Å². The standard InChI is InChI=1S/C26H34F3N3O3.C13H14F3NO3.C13H22N2O/c1-16-10-20(33)11-17(2)21(16)12-19(32(3)4)15-30-23(34)13-22(25(8-9-25)26(27,28)29)18-6-7-24(35-5)31-14-18;1-20-10-3-2-8(7-17-10)9(6-11(18)19)12(4-5-12)13(14,15)16;1-9-5-12(16)6-10(2)13(9)7-11(8-14)15(3)4/h6-7,10-11,14,19,22,33H,8-9,12-13,15H2,1-5H3,(H,30,34);2-3,7,9H,4-6H2,1H3,(H,18,19);5-6,11,16H,7-8,14H2,1-4H3/t19-,22?;;11-/m0.0/s1. The molecule has 392 valence electrons. The number of benzene rings is 2. The molecule has 2 aromatic heterocycles. The van der Waals surface area contributed by atoms with E-state index in [0.717, 1.165) is 34.2 Å². The summed E-state index contributed by atoms with van der Waals surface area (Å²) in [6.07, 6.45) is -5.53. The van der Waals surface area contributed by atoms with Gasteiger partial charge in [-0.2, -0.15) is 26.3 Å². The van der Waals surface area contributed by atoms with Crippen molar-refractivity contribution in [2.75, 3.05) is 55.5 Å². The number of nitrogens with one attached hydrogen (secondary N) is 1. The maximum atomic E-state index is 14.0. The number of phenolic OH excluding ortho intramolecular Hbond substituents is 2. The number of aliphatic carboxylic acids is 1. The Labute approximate surface area is 412 Å². The van der Waals surface area contributed by atoms with Crippen LogP contribution in [0.4, 0.5) is 26.3 Å². The highest BCUT2D eigenvalue weighted by Crippen LogP contribution is 2.67. The van der Waals surface area contributed by atoms with Gasteiger partial charge in [0, 0.05) is 68.0 Å². The maximum absolute atomic E-state index is 14.0. The van der Waals surface area contributed by atoms with E-state index in [2.05, 4.69) is 20.2 Å². The lowest BCUT2D eigenvalue weighted by molar-refractivity contribution is -0.196. The number of halogens is 6. The molecule has 6 N–H and O–H groups in total. The third-order valence-corrected chi connectivity index (χ3v) is 14.1. The van der Waals surface area contributed by atoms with E-state index in [4.69, 9.17) is 20.3 Å². The Kier molecular flexibility index (Phi) is 19.7. The molecule has 19 heteroatoms. The highest BCUT2D eigenvalue weighted by atomic mass is 19.4. The van der Waals surface area contributed by atoms with Gasteiger partial charge in [0.2, 0.25) is 17.7 Å². The lowest BCUT2D eigenvalue weighted by Crippen LogP contribution is -2.43. The number of methoxy groups -OCH3 is 2. The largest absolute Gasteiger partial charge is 0.508 e. The number of aromatic hydroxyl groups is 2. The van der Waals surface area contributed by atoms with E-state index in [1.54, 1.807) is 18.2 Å². The predicted molar refractivity (Wildman–Crippen MR) is 259 cm³/mol. The first kappa shape index (κ1) is 57.9. The number of phenols is 2. The summed E-state index contributed by atoms with van der Waals surface area (Å²) in [5, 5.41) is 31.1. The van der Waals surface area contributed by atoms with Gasteiger partial charge in [0.15, 0.2) is 0 Å². The summed E-state index contributed by atoms with van der Waals surface area (Å²) < 4.78 is 91.4. The lowest BCUT2D eigenvalue weighted by Gasteiger charge is -2.30. The molecule has 4 aromatic rings. The molecule has 4 atom stereocenters. The van der Waals surface area contributed by atoms with E-state index in [1.807, 2.05) is 72.9 Å². The van der Waals surface area contributed by atoms with E-state index < -0.39 is 53.3 Å². The smallest absolute Gasteiger partial charge is 0.395 e. The van der Waals surface area contributed by atoms with Gasteiger partial charge < -0.3 is 45.6 Å². The fourth-order valence-corrected chi connectivity index (χ4v) is 9.26. The number of aryl methyl sites for hydroxylation is 4. The summed E-state index contributed by atoms with van der Waals surface area (Å²) in [6, 6.07) is 13.3. The molecule has 0 aliphatic heterocycles. The number of nitrogens with zero attached hydrogens (tertiary/aromatic N) is 4. The minimum atomic E-state index is -4.41. The average molecular weight is 1010 g/mol. The van der Waals surface area contributed by atoms with Crippen LogP contribution in [-0.4, -0.2) is 127 Å². The quantitative estimate of drug-likeness (QED) is 0.0563. The van der Waals surface area contributed by atoms with Gasteiger partial charge in [0.25, 0.3) is 0 Å². The van der Waals surface area contributed by atoms with Crippen LogP contribution < -0.4 is 20.5 Å². The summed E-state index contributed by atoms with van der Waals surface area (Å²) in [5.74, 6) is -2.67. The molecule has 2 saturated carbocycles. The number of alkyl halides is 6. The zero-order valence-electron chi connectivity index (χ0n) is 42.3. The van der Waals surface area contributed by atoms with Crippen LogP contribution in [0.3, 0.4) is 0 Å². The number of rotatable bonds is 19. The Morgan fingerprint density at radius 3 is 1.32 bits per heavy atom. The number of aromatic nitrogens is 2. The number of likely N-dealkylation sites (N-methyl/N-ethyl adjacent to an activating group) is 2. The van der Waals surface area contributed by atoms with Crippen LogP contribution in [0.1, 0.15) is 94.9 Å². The predicted octanol–water partition coefficient (Wildman–Crippen LogP) is 8.95. The number of hydrogen-bond acceptors (Lipinski definition) is 11. The molecular weight excluding hydrogens is 935 g/mol. The first-order valence-corrected chi connectivity index (χ1v) is 23.4. The van der Waals surface area contributed by atoms with E-state index in [0.29, 0.717) is 36.2 Å². The molecule has 1 amide bonds. The second-order valence-electron chi connectivity index (χ2n) is 19.3. The number of carboxylic acids is 1. The van der Waals surface area contributed by atoms with Gasteiger partial charge in [0.05, 0.1) is 31.5 Å². The number of carbonyl (C=O) groups excluding carboxylic acids is 1. The molecule has 71 heavy (non-hydrogen) atoms. The van der Waals surface area contributed by atoms with Gasteiger partial charge in [-0.05, 0) is 163 Å². The summed E-state index contributed by atoms with van der Waals surface area (Å²) in [4.78, 5) is 35.9. The molecule has 0 spiro atoms. The number of ether oxygens (including phenoxy) is 2. The Hall–Kier alpha value is -5.66. The fraction of sp³-hybridized carbons (Fsp3) is 0.538. The van der Waals surface area contributed by atoms with Crippen molar-refractivity contribution in [3.8, 4) is 23.3 Å². The molecule has 0 radical (unpaired) electrons. The zero-order valence-corrected chi connectivity index (χ0v) is 42.3.